The average Bonchev–Trinajstić information content (AvgIpc) is 2.48. The van der Waals surface area contributed by atoms with Gasteiger partial charge in [-0.1, -0.05) is 59.0 Å². The lowest BCUT2D eigenvalue weighted by atomic mass is 9.78. The maximum Gasteiger partial charge on any atom is 0.0940 e. The predicted octanol–water partition coefficient (Wildman–Crippen LogP) is 6.01. The van der Waals surface area contributed by atoms with Gasteiger partial charge in [-0.05, 0) is 37.5 Å². The summed E-state index contributed by atoms with van der Waals surface area (Å²) in [6, 6.07) is 4.50. The summed E-state index contributed by atoms with van der Waals surface area (Å²) < 4.78 is 0. The van der Waals surface area contributed by atoms with Crippen LogP contribution in [0.25, 0.3) is 0 Å². The molecule has 0 saturated heterocycles. The molecule has 0 aromatic rings. The van der Waals surface area contributed by atoms with Gasteiger partial charge in [0, 0.05) is 12.0 Å². The molecular formula is C19H32N2. The minimum absolute atomic E-state index is 0.402. The molecule has 0 amide bonds. The van der Waals surface area contributed by atoms with Gasteiger partial charge in [-0.2, -0.15) is 10.5 Å². The molecule has 21 heavy (non-hydrogen) atoms. The second kappa shape index (κ2) is 12.5. The fraction of sp³-hybridized carbons (Fsp3) is 0.789. The van der Waals surface area contributed by atoms with Gasteiger partial charge in [0.15, 0.2) is 0 Å². The van der Waals surface area contributed by atoms with E-state index in [0.717, 1.165) is 30.3 Å². The van der Waals surface area contributed by atoms with Gasteiger partial charge < -0.3 is 0 Å². The van der Waals surface area contributed by atoms with E-state index in [1.165, 1.54) is 32.1 Å². The van der Waals surface area contributed by atoms with Gasteiger partial charge in [0.2, 0.25) is 0 Å². The van der Waals surface area contributed by atoms with Crippen LogP contribution >= 0.6 is 0 Å². The van der Waals surface area contributed by atoms with Gasteiger partial charge in [-0.3, -0.25) is 0 Å². The summed E-state index contributed by atoms with van der Waals surface area (Å²) in [6.07, 6.45) is 10.9. The largest absolute Gasteiger partial charge is 0.198 e. The summed E-state index contributed by atoms with van der Waals surface area (Å²) >= 11 is 0. The summed E-state index contributed by atoms with van der Waals surface area (Å²) in [5, 5.41) is 17.9. The van der Waals surface area contributed by atoms with E-state index in [-0.39, 0.29) is 0 Å². The third-order valence-corrected chi connectivity index (χ3v) is 4.43. The van der Waals surface area contributed by atoms with Crippen LogP contribution in [0.1, 0.15) is 79.1 Å². The Labute approximate surface area is 131 Å². The Bertz CT molecular complexity index is 370. The first-order valence-electron chi connectivity index (χ1n) is 8.52. The van der Waals surface area contributed by atoms with Crippen LogP contribution in [0.5, 0.6) is 0 Å². The summed E-state index contributed by atoms with van der Waals surface area (Å²) in [7, 11) is 0. The van der Waals surface area contributed by atoms with Gasteiger partial charge in [-0.25, -0.2) is 0 Å². The van der Waals surface area contributed by atoms with E-state index in [1.807, 2.05) is 13.0 Å². The zero-order valence-corrected chi connectivity index (χ0v) is 14.4. The van der Waals surface area contributed by atoms with Gasteiger partial charge in [0.05, 0.1) is 12.1 Å². The fourth-order valence-corrected chi connectivity index (χ4v) is 3.00. The van der Waals surface area contributed by atoms with E-state index in [9.17, 15) is 0 Å². The van der Waals surface area contributed by atoms with Gasteiger partial charge in [0.1, 0.15) is 0 Å². The third kappa shape index (κ3) is 9.30. The van der Waals surface area contributed by atoms with E-state index in [2.05, 4.69) is 32.9 Å². The van der Waals surface area contributed by atoms with Crippen LogP contribution in [0.2, 0.25) is 0 Å². The third-order valence-electron chi connectivity index (χ3n) is 4.43. The molecule has 0 radical (unpaired) electrons. The summed E-state index contributed by atoms with van der Waals surface area (Å²) in [5.41, 5.74) is 0.768. The van der Waals surface area contributed by atoms with Gasteiger partial charge in [-0.15, -0.1) is 0 Å². The molecule has 0 fully saturated rings. The number of nitriles is 2. The van der Waals surface area contributed by atoms with Crippen molar-refractivity contribution in [1.82, 2.24) is 0 Å². The number of rotatable bonds is 11. The molecule has 0 saturated carbocycles. The van der Waals surface area contributed by atoms with Gasteiger partial charge in [0.25, 0.3) is 0 Å². The Morgan fingerprint density at radius 1 is 1.14 bits per heavy atom. The van der Waals surface area contributed by atoms with Crippen molar-refractivity contribution >= 4 is 0 Å². The Hall–Kier alpha value is -1.28. The zero-order chi connectivity index (χ0) is 16.1. The van der Waals surface area contributed by atoms with E-state index < -0.39 is 0 Å². The molecule has 0 aliphatic heterocycles. The Morgan fingerprint density at radius 3 is 2.38 bits per heavy atom. The molecular weight excluding hydrogens is 256 g/mol. The molecule has 3 atom stereocenters. The molecule has 0 N–H and O–H groups in total. The SMILES string of the molecule is CCCCC(CC(CC#N)C/C=C(/C)C#N)C(C)CCC. The molecule has 0 spiro atoms. The molecule has 0 aliphatic rings. The van der Waals surface area contributed by atoms with Crippen molar-refractivity contribution < 1.29 is 0 Å². The first kappa shape index (κ1) is 19.7. The van der Waals surface area contributed by atoms with Crippen molar-refractivity contribution in [2.75, 3.05) is 0 Å². The smallest absolute Gasteiger partial charge is 0.0940 e. The van der Waals surface area contributed by atoms with Crippen LogP contribution in [0.3, 0.4) is 0 Å². The lowest BCUT2D eigenvalue weighted by molar-refractivity contribution is 0.249. The molecule has 2 nitrogen and oxygen atoms in total. The van der Waals surface area contributed by atoms with Crippen LogP contribution in [0.15, 0.2) is 11.6 Å². The molecule has 0 bridgehead atoms. The highest BCUT2D eigenvalue weighted by Gasteiger charge is 2.20. The maximum absolute atomic E-state index is 9.05. The molecule has 0 aromatic heterocycles. The molecule has 3 unspecified atom stereocenters. The average molecular weight is 288 g/mol. The highest BCUT2D eigenvalue weighted by molar-refractivity contribution is 5.17. The normalized spacial score (nSPS) is 15.8. The minimum atomic E-state index is 0.402. The highest BCUT2D eigenvalue weighted by atomic mass is 14.3. The van der Waals surface area contributed by atoms with Crippen LogP contribution in [0, 0.1) is 40.4 Å². The monoisotopic (exact) mass is 288 g/mol. The number of unbranched alkanes of at least 4 members (excludes halogenated alkanes) is 1. The molecule has 118 valence electrons. The van der Waals surface area contributed by atoms with Gasteiger partial charge >= 0.3 is 0 Å². The van der Waals surface area contributed by atoms with Crippen molar-refractivity contribution in [2.45, 2.75) is 79.1 Å². The topological polar surface area (TPSA) is 47.6 Å². The van der Waals surface area contributed by atoms with Crippen LogP contribution in [-0.4, -0.2) is 0 Å². The summed E-state index contributed by atoms with van der Waals surface area (Å²) in [4.78, 5) is 0. The summed E-state index contributed by atoms with van der Waals surface area (Å²) in [5.74, 6) is 1.86. The number of hydrogen-bond donors (Lipinski definition) is 0. The first-order valence-corrected chi connectivity index (χ1v) is 8.52. The van der Waals surface area contributed by atoms with E-state index in [0.29, 0.717) is 12.3 Å². The van der Waals surface area contributed by atoms with Crippen LogP contribution < -0.4 is 0 Å². The van der Waals surface area contributed by atoms with Crippen molar-refractivity contribution in [1.29, 1.82) is 10.5 Å². The maximum atomic E-state index is 9.05. The first-order chi connectivity index (χ1) is 10.1. The van der Waals surface area contributed by atoms with Crippen molar-refractivity contribution in [3.63, 3.8) is 0 Å². The van der Waals surface area contributed by atoms with Crippen molar-refractivity contribution in [3.05, 3.63) is 11.6 Å². The minimum Gasteiger partial charge on any atom is -0.198 e. The van der Waals surface area contributed by atoms with E-state index >= 15 is 0 Å². The summed E-state index contributed by atoms with van der Waals surface area (Å²) in [6.45, 7) is 8.70. The van der Waals surface area contributed by atoms with E-state index in [1.54, 1.807) is 0 Å². The number of hydrogen-bond acceptors (Lipinski definition) is 2. The Balaban J connectivity index is 4.70. The molecule has 0 rings (SSSR count). The quantitative estimate of drug-likeness (QED) is 0.437. The lowest BCUT2D eigenvalue weighted by Gasteiger charge is -2.27. The molecule has 2 heteroatoms. The Morgan fingerprint density at radius 2 is 1.86 bits per heavy atom. The van der Waals surface area contributed by atoms with E-state index in [4.69, 9.17) is 10.5 Å². The number of nitrogens with zero attached hydrogens (tertiary/aromatic N) is 2. The standard InChI is InChI=1S/C19H32N2/c1-5-7-9-19(17(4)8-6-2)14-18(12-13-20)11-10-16(3)15-21/h10,17-19H,5-9,11-12,14H2,1-4H3/b16-10-. The lowest BCUT2D eigenvalue weighted by Crippen LogP contribution is -2.16. The van der Waals surface area contributed by atoms with Crippen molar-refractivity contribution in [3.8, 4) is 12.1 Å². The molecule has 0 heterocycles. The zero-order valence-electron chi connectivity index (χ0n) is 14.4. The van der Waals surface area contributed by atoms with Crippen LogP contribution in [0.4, 0.5) is 0 Å². The molecule has 0 aliphatic carbocycles. The van der Waals surface area contributed by atoms with Crippen molar-refractivity contribution in [2.24, 2.45) is 17.8 Å². The Kier molecular flexibility index (Phi) is 11.7. The predicted molar refractivity (Wildman–Crippen MR) is 89.4 cm³/mol. The highest BCUT2D eigenvalue weighted by Crippen LogP contribution is 2.31. The fourth-order valence-electron chi connectivity index (χ4n) is 3.00. The second-order valence-electron chi connectivity index (χ2n) is 6.37. The second-order valence-corrected chi connectivity index (χ2v) is 6.37. The van der Waals surface area contributed by atoms with Crippen LogP contribution in [-0.2, 0) is 0 Å². The molecule has 0 aromatic carbocycles. The number of allylic oxidation sites excluding steroid dienone is 2.